The average molecular weight is 257 g/mol. The molecule has 0 aliphatic rings. The smallest absolute Gasteiger partial charge is 0.309 e. The molecule has 18 heavy (non-hydrogen) atoms. The molecule has 0 saturated heterocycles. The highest BCUT2D eigenvalue weighted by Gasteiger charge is 2.10. The number of hydrogen-bond acceptors (Lipinski definition) is 2. The van der Waals surface area contributed by atoms with Crippen LogP contribution in [0.2, 0.25) is 0 Å². The van der Waals surface area contributed by atoms with E-state index in [4.69, 9.17) is 5.11 Å². The Bertz CT molecular complexity index is 697. The van der Waals surface area contributed by atoms with Crippen LogP contribution in [0.15, 0.2) is 48.0 Å². The minimum absolute atomic E-state index is 0.0584. The number of carbonyl (C=O) groups is 1. The summed E-state index contributed by atoms with van der Waals surface area (Å²) in [6, 6.07) is 12.2. The van der Waals surface area contributed by atoms with E-state index in [9.17, 15) is 4.79 Å². The van der Waals surface area contributed by atoms with Gasteiger partial charge in [-0.3, -0.25) is 4.79 Å². The first-order valence-electron chi connectivity index (χ1n) is 5.60. The van der Waals surface area contributed by atoms with Gasteiger partial charge < -0.3 is 9.51 Å². The molecule has 3 rings (SSSR count). The highest BCUT2D eigenvalue weighted by atomic mass is 32.1. The van der Waals surface area contributed by atoms with Gasteiger partial charge in [0.25, 0.3) is 0 Å². The molecule has 0 atom stereocenters. The Hall–Kier alpha value is -2.07. The highest BCUT2D eigenvalue weighted by molar-refractivity contribution is 7.15. The van der Waals surface area contributed by atoms with Gasteiger partial charge in [0.05, 0.1) is 11.3 Å². The van der Waals surface area contributed by atoms with Crippen LogP contribution in [-0.4, -0.2) is 15.5 Å². The largest absolute Gasteiger partial charge is 0.481 e. The van der Waals surface area contributed by atoms with Crippen molar-refractivity contribution in [2.45, 2.75) is 6.42 Å². The molecule has 3 aromatic rings. The second-order valence-corrected chi connectivity index (χ2v) is 4.99. The van der Waals surface area contributed by atoms with Gasteiger partial charge in [-0.1, -0.05) is 30.3 Å². The van der Waals surface area contributed by atoms with Crippen LogP contribution in [-0.2, 0) is 11.2 Å². The molecule has 0 fully saturated rings. The van der Waals surface area contributed by atoms with Gasteiger partial charge in [-0.05, 0) is 11.6 Å². The summed E-state index contributed by atoms with van der Waals surface area (Å²) in [5.41, 5.74) is 3.09. The van der Waals surface area contributed by atoms with Gasteiger partial charge in [0.1, 0.15) is 0 Å². The Morgan fingerprint density at radius 1 is 1.22 bits per heavy atom. The number of carboxylic acids is 1. The highest BCUT2D eigenvalue weighted by Crippen LogP contribution is 2.27. The van der Waals surface area contributed by atoms with E-state index < -0.39 is 5.97 Å². The van der Waals surface area contributed by atoms with Crippen molar-refractivity contribution in [1.82, 2.24) is 4.40 Å². The fraction of sp³-hybridized carbons (Fsp3) is 0.0714. The molecule has 0 spiro atoms. The number of nitrogens with zero attached hydrogens (tertiary/aromatic N) is 1. The number of hydrogen-bond donors (Lipinski definition) is 1. The van der Waals surface area contributed by atoms with E-state index in [1.807, 2.05) is 34.2 Å². The first-order chi connectivity index (χ1) is 8.74. The molecule has 0 unspecified atom stereocenters. The fourth-order valence-corrected chi connectivity index (χ4v) is 2.95. The molecule has 0 radical (unpaired) electrons. The van der Waals surface area contributed by atoms with Crippen LogP contribution in [0.4, 0.5) is 0 Å². The predicted octanol–water partition coefficient (Wildman–Crippen LogP) is 3.29. The van der Waals surface area contributed by atoms with Crippen LogP contribution in [0.3, 0.4) is 0 Å². The van der Waals surface area contributed by atoms with Crippen molar-refractivity contribution >= 4 is 22.1 Å². The van der Waals surface area contributed by atoms with Crippen LogP contribution in [0, 0.1) is 0 Å². The number of benzene rings is 1. The number of rotatable bonds is 3. The third-order valence-corrected chi connectivity index (χ3v) is 3.80. The van der Waals surface area contributed by atoms with Crippen molar-refractivity contribution in [3.8, 4) is 11.1 Å². The van der Waals surface area contributed by atoms with E-state index >= 15 is 0 Å². The topological polar surface area (TPSA) is 41.7 Å². The monoisotopic (exact) mass is 257 g/mol. The van der Waals surface area contributed by atoms with E-state index in [0.717, 1.165) is 21.7 Å². The maximum atomic E-state index is 10.8. The number of carboxylic acid groups (broad SMARTS) is 1. The molecule has 2 heterocycles. The summed E-state index contributed by atoms with van der Waals surface area (Å²) in [5.74, 6) is -0.801. The molecule has 90 valence electrons. The number of thiazole rings is 1. The number of fused-ring (bicyclic) bond motifs is 1. The third kappa shape index (κ3) is 1.91. The Kier molecular flexibility index (Phi) is 2.64. The molecular weight excluding hydrogens is 246 g/mol. The molecular formula is C14H11NO2S. The first kappa shape index (κ1) is 11.0. The zero-order valence-electron chi connectivity index (χ0n) is 9.54. The Morgan fingerprint density at radius 2 is 2.00 bits per heavy atom. The summed E-state index contributed by atoms with van der Waals surface area (Å²) >= 11 is 1.57. The molecule has 1 aromatic carbocycles. The van der Waals surface area contributed by atoms with Crippen molar-refractivity contribution in [3.63, 3.8) is 0 Å². The lowest BCUT2D eigenvalue weighted by Crippen LogP contribution is -2.01. The zero-order valence-corrected chi connectivity index (χ0v) is 10.4. The lowest BCUT2D eigenvalue weighted by Gasteiger charge is -1.96. The van der Waals surface area contributed by atoms with Crippen molar-refractivity contribution in [2.24, 2.45) is 0 Å². The molecule has 3 nitrogen and oxygen atoms in total. The Morgan fingerprint density at radius 3 is 2.72 bits per heavy atom. The van der Waals surface area contributed by atoms with Gasteiger partial charge in [0.2, 0.25) is 0 Å². The first-order valence-corrected chi connectivity index (χ1v) is 6.48. The van der Waals surface area contributed by atoms with Crippen LogP contribution in [0.25, 0.3) is 16.0 Å². The van der Waals surface area contributed by atoms with E-state index in [1.54, 1.807) is 11.3 Å². The zero-order chi connectivity index (χ0) is 12.5. The lowest BCUT2D eigenvalue weighted by molar-refractivity contribution is -0.136. The molecule has 2 aromatic heterocycles. The molecule has 1 N–H and O–H groups in total. The third-order valence-electron chi connectivity index (χ3n) is 2.85. The summed E-state index contributed by atoms with van der Waals surface area (Å²) < 4.78 is 1.96. The van der Waals surface area contributed by atoms with Crippen LogP contribution < -0.4 is 0 Å². The second-order valence-electron chi connectivity index (χ2n) is 4.10. The summed E-state index contributed by atoms with van der Waals surface area (Å²) in [6.45, 7) is 0. The fourth-order valence-electron chi connectivity index (χ4n) is 2.01. The normalized spacial score (nSPS) is 10.9. The summed E-state index contributed by atoms with van der Waals surface area (Å²) in [4.78, 5) is 11.9. The summed E-state index contributed by atoms with van der Waals surface area (Å²) in [6.07, 6.45) is 2.06. The maximum Gasteiger partial charge on any atom is 0.309 e. The van der Waals surface area contributed by atoms with Gasteiger partial charge >= 0.3 is 5.97 Å². The second kappa shape index (κ2) is 4.31. The lowest BCUT2D eigenvalue weighted by atomic mass is 10.1. The Labute approximate surface area is 108 Å². The molecule has 0 amide bonds. The van der Waals surface area contributed by atoms with E-state index in [0.29, 0.717) is 0 Å². The molecule has 0 aliphatic heterocycles. The van der Waals surface area contributed by atoms with Gasteiger partial charge in [-0.15, -0.1) is 11.3 Å². The van der Waals surface area contributed by atoms with E-state index in [1.165, 1.54) is 0 Å². The van der Waals surface area contributed by atoms with Gasteiger partial charge in [0.15, 0.2) is 0 Å². The summed E-state index contributed by atoms with van der Waals surface area (Å²) in [7, 11) is 0. The quantitative estimate of drug-likeness (QED) is 0.782. The van der Waals surface area contributed by atoms with Gasteiger partial charge in [0, 0.05) is 22.8 Å². The summed E-state index contributed by atoms with van der Waals surface area (Å²) in [5, 5.41) is 10.8. The molecule has 4 heteroatoms. The predicted molar refractivity (Wildman–Crippen MR) is 72.0 cm³/mol. The number of aromatic nitrogens is 1. The van der Waals surface area contributed by atoms with Gasteiger partial charge in [-0.2, -0.15) is 0 Å². The average Bonchev–Trinajstić information content (AvgIpc) is 2.92. The molecule has 0 bridgehead atoms. The van der Waals surface area contributed by atoms with Gasteiger partial charge in [-0.25, -0.2) is 0 Å². The van der Waals surface area contributed by atoms with E-state index in [2.05, 4.69) is 18.2 Å². The van der Waals surface area contributed by atoms with Crippen molar-refractivity contribution < 1.29 is 9.90 Å². The maximum absolute atomic E-state index is 10.8. The van der Waals surface area contributed by atoms with E-state index in [-0.39, 0.29) is 6.42 Å². The molecule has 0 saturated carbocycles. The van der Waals surface area contributed by atoms with Crippen molar-refractivity contribution in [2.75, 3.05) is 0 Å². The minimum Gasteiger partial charge on any atom is -0.481 e. The standard InChI is InChI=1S/C14H11NO2S/c16-14(17)7-12-9-18-13-6-11(8-15(12)13)10-4-2-1-3-5-10/h1-6,8-9H,7H2,(H,16,17). The SMILES string of the molecule is O=C(O)Cc1csc2cc(-c3ccccc3)cn12. The van der Waals surface area contributed by atoms with Crippen LogP contribution >= 0.6 is 11.3 Å². The van der Waals surface area contributed by atoms with Crippen LogP contribution in [0.1, 0.15) is 5.69 Å². The minimum atomic E-state index is -0.801. The van der Waals surface area contributed by atoms with Crippen molar-refractivity contribution in [3.05, 3.63) is 53.7 Å². The Balaban J connectivity index is 2.07. The van der Waals surface area contributed by atoms with Crippen LogP contribution in [0.5, 0.6) is 0 Å². The number of aliphatic carboxylic acids is 1. The molecule has 0 aliphatic carbocycles. The van der Waals surface area contributed by atoms with Crippen molar-refractivity contribution in [1.29, 1.82) is 0 Å².